The summed E-state index contributed by atoms with van der Waals surface area (Å²) in [4.78, 5) is 50.9. The average Bonchev–Trinajstić information content (AvgIpc) is 2.97. The molecule has 9 heteroatoms. The minimum Gasteiger partial charge on any atom is -0.394 e. The number of aromatic amines is 1. The van der Waals surface area contributed by atoms with Crippen LogP contribution >= 0.6 is 0 Å². The molecule has 0 saturated carbocycles. The maximum atomic E-state index is 12.5. The van der Waals surface area contributed by atoms with Crippen LogP contribution in [0.15, 0.2) is 33.0 Å². The fourth-order valence-electron chi connectivity index (χ4n) is 3.00. The van der Waals surface area contributed by atoms with Gasteiger partial charge in [0.05, 0.1) is 18.3 Å². The first kappa shape index (κ1) is 18.2. The van der Waals surface area contributed by atoms with E-state index in [1.165, 1.54) is 13.8 Å². The number of allylic oxidation sites excluding steroid dienone is 4. The highest BCUT2D eigenvalue weighted by Gasteiger charge is 2.35. The summed E-state index contributed by atoms with van der Waals surface area (Å²) >= 11 is 0. The number of ether oxygens (including phenoxy) is 1. The van der Waals surface area contributed by atoms with Crippen LogP contribution < -0.4 is 11.2 Å². The van der Waals surface area contributed by atoms with Gasteiger partial charge >= 0.3 is 5.69 Å². The third-order valence-corrected chi connectivity index (χ3v) is 4.75. The second-order valence-electron chi connectivity index (χ2n) is 6.33. The van der Waals surface area contributed by atoms with E-state index in [1.807, 2.05) is 0 Å². The zero-order valence-electron chi connectivity index (χ0n) is 14.2. The summed E-state index contributed by atoms with van der Waals surface area (Å²) in [5, 5.41) is 19.0. The average molecular weight is 362 g/mol. The van der Waals surface area contributed by atoms with E-state index >= 15 is 0 Å². The molecule has 3 N–H and O–H groups in total. The number of rotatable bonds is 3. The highest BCUT2D eigenvalue weighted by molar-refractivity contribution is 6.37. The number of aliphatic hydroxyl groups is 2. The molecule has 1 aliphatic heterocycles. The van der Waals surface area contributed by atoms with Crippen molar-refractivity contribution >= 4 is 17.1 Å². The molecule has 0 aromatic carbocycles. The van der Waals surface area contributed by atoms with Crippen LogP contribution in [-0.4, -0.2) is 50.1 Å². The predicted octanol–water partition coefficient (Wildman–Crippen LogP) is -0.951. The summed E-state index contributed by atoms with van der Waals surface area (Å²) in [5.41, 5.74) is -1.30. The number of ketones is 2. The molecule has 3 atom stereocenters. The number of Topliss-reactive ketones (excluding diaryl/α,β-unsaturated/α-hetero) is 1. The Kier molecular flexibility index (Phi) is 4.61. The van der Waals surface area contributed by atoms with Gasteiger partial charge in [0, 0.05) is 29.3 Å². The maximum absolute atomic E-state index is 12.5. The Morgan fingerprint density at radius 2 is 1.92 bits per heavy atom. The predicted molar refractivity (Wildman–Crippen MR) is 89.3 cm³/mol. The molecule has 1 saturated heterocycles. The maximum Gasteiger partial charge on any atom is 0.330 e. The quantitative estimate of drug-likeness (QED) is 0.589. The highest BCUT2D eigenvalue weighted by atomic mass is 16.5. The van der Waals surface area contributed by atoms with Gasteiger partial charge in [-0.05, 0) is 19.9 Å². The van der Waals surface area contributed by atoms with Crippen molar-refractivity contribution in [2.24, 2.45) is 0 Å². The van der Waals surface area contributed by atoms with Gasteiger partial charge in [-0.3, -0.25) is 23.9 Å². The Morgan fingerprint density at radius 1 is 1.23 bits per heavy atom. The second-order valence-corrected chi connectivity index (χ2v) is 6.33. The lowest BCUT2D eigenvalue weighted by molar-refractivity contribution is -0.114. The monoisotopic (exact) mass is 362 g/mol. The van der Waals surface area contributed by atoms with Gasteiger partial charge in [-0.1, -0.05) is 0 Å². The second kappa shape index (κ2) is 6.60. The number of H-pyrrole nitrogens is 1. The zero-order chi connectivity index (χ0) is 19.2. The van der Waals surface area contributed by atoms with Crippen LogP contribution in [-0.2, 0) is 14.3 Å². The number of carbonyl (C=O) groups excluding carboxylic acids is 2. The molecule has 3 rings (SSSR count). The molecule has 1 aromatic rings. The van der Waals surface area contributed by atoms with Crippen molar-refractivity contribution < 1.29 is 24.5 Å². The molecule has 138 valence electrons. The van der Waals surface area contributed by atoms with Crippen LogP contribution in [0.1, 0.15) is 32.1 Å². The number of carbonyl (C=O) groups is 2. The minimum atomic E-state index is -0.975. The van der Waals surface area contributed by atoms with Crippen LogP contribution in [0.2, 0.25) is 0 Å². The summed E-state index contributed by atoms with van der Waals surface area (Å²) in [6.45, 7) is 2.59. The summed E-state index contributed by atoms with van der Waals surface area (Å²) < 4.78 is 6.45. The molecule has 0 unspecified atom stereocenters. The Morgan fingerprint density at radius 3 is 2.54 bits per heavy atom. The van der Waals surface area contributed by atoms with E-state index < -0.39 is 42.1 Å². The van der Waals surface area contributed by atoms with Crippen molar-refractivity contribution in [3.8, 4) is 0 Å². The van der Waals surface area contributed by atoms with Crippen LogP contribution in [0.5, 0.6) is 0 Å². The van der Waals surface area contributed by atoms with Gasteiger partial charge in [0.2, 0.25) is 0 Å². The Labute approximate surface area is 147 Å². The molecule has 2 heterocycles. The number of hydrogen-bond acceptors (Lipinski definition) is 7. The van der Waals surface area contributed by atoms with Crippen molar-refractivity contribution in [3.05, 3.63) is 49.8 Å². The van der Waals surface area contributed by atoms with Crippen LogP contribution in [0.4, 0.5) is 0 Å². The number of nitrogens with one attached hydrogen (secondary N) is 1. The van der Waals surface area contributed by atoms with Gasteiger partial charge in [-0.2, -0.15) is 0 Å². The fraction of sp³-hybridized carbons (Fsp3) is 0.412. The van der Waals surface area contributed by atoms with Crippen molar-refractivity contribution in [2.75, 3.05) is 6.61 Å². The standard InChI is InChI=1S/C17H18N2O7/c1-7-8(2)15(23)9(3-11(7)21)10-5-19(17(25)18-16(10)24)14-4-12(22)13(6-20)26-14/h3,5,12-14,20,22H,4,6H2,1-2H3,(H,18,24,25)/t12-,13+,14+/m0/s1. The molecule has 9 nitrogen and oxygen atoms in total. The van der Waals surface area contributed by atoms with Crippen molar-refractivity contribution in [2.45, 2.75) is 38.7 Å². The largest absolute Gasteiger partial charge is 0.394 e. The summed E-state index contributed by atoms with van der Waals surface area (Å²) in [7, 11) is 0. The summed E-state index contributed by atoms with van der Waals surface area (Å²) in [5.74, 6) is -0.861. The molecule has 0 amide bonds. The van der Waals surface area contributed by atoms with E-state index in [4.69, 9.17) is 9.84 Å². The van der Waals surface area contributed by atoms with Crippen molar-refractivity contribution in [1.82, 2.24) is 9.55 Å². The molecule has 1 aromatic heterocycles. The van der Waals surface area contributed by atoms with E-state index in [-0.39, 0.29) is 28.9 Å². The van der Waals surface area contributed by atoms with Gasteiger partial charge in [0.1, 0.15) is 12.3 Å². The molecule has 26 heavy (non-hydrogen) atoms. The molecule has 0 bridgehead atoms. The first-order valence-electron chi connectivity index (χ1n) is 8.03. The van der Waals surface area contributed by atoms with Crippen molar-refractivity contribution in [3.63, 3.8) is 0 Å². The highest BCUT2D eigenvalue weighted by Crippen LogP contribution is 2.29. The smallest absolute Gasteiger partial charge is 0.330 e. The molecule has 0 radical (unpaired) electrons. The Hall–Kier alpha value is -2.62. The van der Waals surface area contributed by atoms with E-state index in [2.05, 4.69) is 4.98 Å². The van der Waals surface area contributed by atoms with E-state index in [1.54, 1.807) is 0 Å². The van der Waals surface area contributed by atoms with Gasteiger partial charge in [-0.15, -0.1) is 0 Å². The lowest BCUT2D eigenvalue weighted by Crippen LogP contribution is -2.35. The van der Waals surface area contributed by atoms with Gasteiger partial charge < -0.3 is 14.9 Å². The molecular weight excluding hydrogens is 344 g/mol. The fourth-order valence-corrected chi connectivity index (χ4v) is 3.00. The molecule has 1 fully saturated rings. The first-order valence-corrected chi connectivity index (χ1v) is 8.03. The SMILES string of the molecule is CC1=C(C)C(=O)C(c2cn([C@H]3C[C@H](O)[C@@H](CO)O3)c(=O)[nH]c2=O)=CC1=O. The third kappa shape index (κ3) is 2.90. The lowest BCUT2D eigenvalue weighted by Gasteiger charge is -2.17. The van der Waals surface area contributed by atoms with E-state index in [0.29, 0.717) is 5.57 Å². The topological polar surface area (TPSA) is 139 Å². The van der Waals surface area contributed by atoms with Gasteiger partial charge in [0.15, 0.2) is 11.6 Å². The molecule has 2 aliphatic rings. The Balaban J connectivity index is 2.07. The van der Waals surface area contributed by atoms with Crippen LogP contribution in [0, 0.1) is 0 Å². The zero-order valence-corrected chi connectivity index (χ0v) is 14.2. The number of aromatic nitrogens is 2. The summed E-state index contributed by atoms with van der Waals surface area (Å²) in [6.07, 6.45) is -0.502. The molecular formula is C17H18N2O7. The van der Waals surface area contributed by atoms with Crippen LogP contribution in [0.3, 0.4) is 0 Å². The number of hydrogen-bond donors (Lipinski definition) is 3. The van der Waals surface area contributed by atoms with Gasteiger partial charge in [-0.25, -0.2) is 4.79 Å². The number of nitrogens with zero attached hydrogens (tertiary/aromatic N) is 1. The van der Waals surface area contributed by atoms with Crippen LogP contribution in [0.25, 0.3) is 5.57 Å². The molecule has 1 aliphatic carbocycles. The van der Waals surface area contributed by atoms with E-state index in [0.717, 1.165) is 16.8 Å². The lowest BCUT2D eigenvalue weighted by atomic mass is 9.88. The molecule has 0 spiro atoms. The Bertz CT molecular complexity index is 966. The van der Waals surface area contributed by atoms with E-state index in [9.17, 15) is 24.3 Å². The number of aliphatic hydroxyl groups excluding tert-OH is 2. The third-order valence-electron chi connectivity index (χ3n) is 4.75. The van der Waals surface area contributed by atoms with Gasteiger partial charge in [0.25, 0.3) is 5.56 Å². The summed E-state index contributed by atoms with van der Waals surface area (Å²) in [6, 6.07) is 0. The minimum absolute atomic E-state index is 0.0284. The first-order chi connectivity index (χ1) is 12.2. The van der Waals surface area contributed by atoms with Crippen molar-refractivity contribution in [1.29, 1.82) is 0 Å². The normalized spacial score (nSPS) is 26.5.